The zero-order valence-corrected chi connectivity index (χ0v) is 15.3. The molecule has 0 saturated heterocycles. The highest BCUT2D eigenvalue weighted by Crippen LogP contribution is 2.32. The van der Waals surface area contributed by atoms with Gasteiger partial charge in [0.1, 0.15) is 0 Å². The predicted octanol–water partition coefficient (Wildman–Crippen LogP) is 4.44. The molecule has 0 bridgehead atoms. The van der Waals surface area contributed by atoms with Crippen LogP contribution in [0.25, 0.3) is 22.2 Å². The topological polar surface area (TPSA) is 65.5 Å². The van der Waals surface area contributed by atoms with E-state index in [1.807, 2.05) is 25.1 Å². The molecular formula is C20H16ClNO4. The smallest absolute Gasteiger partial charge is 0.340 e. The second-order valence-electron chi connectivity index (χ2n) is 5.72. The zero-order chi connectivity index (χ0) is 18.8. The minimum absolute atomic E-state index is 0.200. The van der Waals surface area contributed by atoms with E-state index in [4.69, 9.17) is 21.1 Å². The second-order valence-corrected chi connectivity index (χ2v) is 6.13. The van der Waals surface area contributed by atoms with Crippen LogP contribution in [0.1, 0.15) is 26.3 Å². The number of benzene rings is 2. The summed E-state index contributed by atoms with van der Waals surface area (Å²) in [6.45, 7) is 1.93. The monoisotopic (exact) mass is 369 g/mol. The largest absolute Gasteiger partial charge is 0.465 e. The fraction of sp³-hybridized carbons (Fsp3) is 0.150. The minimum atomic E-state index is -0.573. The third-order valence-electron chi connectivity index (χ3n) is 4.05. The summed E-state index contributed by atoms with van der Waals surface area (Å²) in [7, 11) is 2.61. The molecule has 1 heterocycles. The molecule has 0 unspecified atom stereocenters. The maximum Gasteiger partial charge on any atom is 0.340 e. The Morgan fingerprint density at radius 1 is 1.00 bits per heavy atom. The first kappa shape index (κ1) is 17.9. The van der Waals surface area contributed by atoms with Gasteiger partial charge >= 0.3 is 11.9 Å². The number of carbonyl (C=O) groups excluding carboxylic acids is 2. The van der Waals surface area contributed by atoms with Crippen LogP contribution in [-0.2, 0) is 9.47 Å². The van der Waals surface area contributed by atoms with Crippen LogP contribution in [0.15, 0.2) is 42.5 Å². The first-order chi connectivity index (χ1) is 12.5. The molecule has 3 aromatic rings. The van der Waals surface area contributed by atoms with Crippen molar-refractivity contribution < 1.29 is 19.1 Å². The van der Waals surface area contributed by atoms with Crippen LogP contribution >= 0.6 is 11.6 Å². The van der Waals surface area contributed by atoms with Crippen LogP contribution in [0.2, 0.25) is 5.02 Å². The first-order valence-electron chi connectivity index (χ1n) is 7.83. The summed E-state index contributed by atoms with van der Waals surface area (Å²) in [4.78, 5) is 29.1. The number of aromatic nitrogens is 1. The van der Waals surface area contributed by atoms with E-state index in [9.17, 15) is 9.59 Å². The van der Waals surface area contributed by atoms with E-state index < -0.39 is 11.9 Å². The van der Waals surface area contributed by atoms with Gasteiger partial charge in [-0.15, -0.1) is 0 Å². The lowest BCUT2D eigenvalue weighted by molar-refractivity contribution is 0.0594. The molecule has 0 aliphatic carbocycles. The molecule has 0 spiro atoms. The number of esters is 2. The lowest BCUT2D eigenvalue weighted by Crippen LogP contribution is -2.07. The van der Waals surface area contributed by atoms with Gasteiger partial charge in [-0.25, -0.2) is 14.6 Å². The Morgan fingerprint density at radius 3 is 2.42 bits per heavy atom. The van der Waals surface area contributed by atoms with E-state index in [-0.39, 0.29) is 10.6 Å². The molecule has 3 rings (SSSR count). The number of pyridine rings is 1. The van der Waals surface area contributed by atoms with Crippen molar-refractivity contribution in [2.45, 2.75) is 6.92 Å². The summed E-state index contributed by atoms with van der Waals surface area (Å²) in [6.07, 6.45) is 0. The zero-order valence-electron chi connectivity index (χ0n) is 14.5. The summed E-state index contributed by atoms with van der Waals surface area (Å²) >= 11 is 6.20. The summed E-state index contributed by atoms with van der Waals surface area (Å²) in [5.74, 6) is -1.05. The molecule has 0 saturated carbocycles. The van der Waals surface area contributed by atoms with Crippen molar-refractivity contribution in [3.63, 3.8) is 0 Å². The average Bonchev–Trinajstić information content (AvgIpc) is 2.65. The van der Waals surface area contributed by atoms with Crippen molar-refractivity contribution in [3.05, 3.63) is 64.2 Å². The molecule has 132 valence electrons. The summed E-state index contributed by atoms with van der Waals surface area (Å²) in [5, 5.41) is 0.932. The molecule has 26 heavy (non-hydrogen) atoms. The number of rotatable bonds is 3. The van der Waals surface area contributed by atoms with Crippen LogP contribution in [-0.4, -0.2) is 31.1 Å². The lowest BCUT2D eigenvalue weighted by Gasteiger charge is -2.12. The number of halogens is 1. The average molecular weight is 370 g/mol. The van der Waals surface area contributed by atoms with Crippen molar-refractivity contribution in [2.75, 3.05) is 14.2 Å². The summed E-state index contributed by atoms with van der Waals surface area (Å²) in [5.41, 5.74) is 3.10. The molecule has 5 nitrogen and oxygen atoms in total. The van der Waals surface area contributed by atoms with E-state index in [0.29, 0.717) is 27.7 Å². The van der Waals surface area contributed by atoms with Gasteiger partial charge in [0, 0.05) is 10.9 Å². The lowest BCUT2D eigenvalue weighted by atomic mass is 9.99. The summed E-state index contributed by atoms with van der Waals surface area (Å²) < 4.78 is 9.75. The van der Waals surface area contributed by atoms with Crippen molar-refractivity contribution in [1.29, 1.82) is 0 Å². The molecule has 6 heteroatoms. The molecule has 1 aromatic heterocycles. The van der Waals surface area contributed by atoms with Gasteiger partial charge in [-0.2, -0.15) is 0 Å². The summed E-state index contributed by atoms with van der Waals surface area (Å²) in [6, 6.07) is 12.2. The van der Waals surface area contributed by atoms with Gasteiger partial charge in [-0.3, -0.25) is 0 Å². The standard InChI is InChI=1S/C20H16ClNO4/c1-11-7-8-16-13(9-11)14(19(23)25-2)10-17(22-16)12-5-4-6-15(21)18(12)20(24)26-3/h4-10H,1-3H3. The van der Waals surface area contributed by atoms with Crippen LogP contribution in [0.3, 0.4) is 0 Å². The molecule has 0 fully saturated rings. The molecule has 0 aliphatic heterocycles. The van der Waals surface area contributed by atoms with Crippen molar-refractivity contribution in [1.82, 2.24) is 4.98 Å². The van der Waals surface area contributed by atoms with Crippen molar-refractivity contribution >= 4 is 34.4 Å². The third kappa shape index (κ3) is 3.13. The van der Waals surface area contributed by atoms with Gasteiger partial charge in [0.05, 0.1) is 41.6 Å². The Kier molecular flexibility index (Phi) is 4.91. The molecule has 2 aromatic carbocycles. The van der Waals surface area contributed by atoms with Gasteiger partial charge in [0.2, 0.25) is 0 Å². The number of hydrogen-bond acceptors (Lipinski definition) is 5. The Labute approximate surface area is 155 Å². The third-order valence-corrected chi connectivity index (χ3v) is 4.36. The number of methoxy groups -OCH3 is 2. The van der Waals surface area contributed by atoms with Gasteiger partial charge in [0.25, 0.3) is 0 Å². The fourth-order valence-electron chi connectivity index (χ4n) is 2.80. The number of hydrogen-bond donors (Lipinski definition) is 0. The number of fused-ring (bicyclic) bond motifs is 1. The van der Waals surface area contributed by atoms with Crippen LogP contribution < -0.4 is 0 Å². The Bertz CT molecular complexity index is 1030. The maximum absolute atomic E-state index is 12.3. The Balaban J connectivity index is 2.34. The molecule has 0 amide bonds. The Morgan fingerprint density at radius 2 is 1.73 bits per heavy atom. The van der Waals surface area contributed by atoms with E-state index >= 15 is 0 Å². The maximum atomic E-state index is 12.3. The molecule has 0 radical (unpaired) electrons. The van der Waals surface area contributed by atoms with Gasteiger partial charge < -0.3 is 9.47 Å². The minimum Gasteiger partial charge on any atom is -0.465 e. The number of aryl methyl sites for hydroxylation is 1. The highest BCUT2D eigenvalue weighted by molar-refractivity contribution is 6.34. The number of nitrogens with zero attached hydrogens (tertiary/aromatic N) is 1. The van der Waals surface area contributed by atoms with Gasteiger partial charge in [-0.1, -0.05) is 35.4 Å². The number of ether oxygens (including phenoxy) is 2. The normalized spacial score (nSPS) is 10.6. The van der Waals surface area contributed by atoms with E-state index in [0.717, 1.165) is 5.56 Å². The highest BCUT2D eigenvalue weighted by atomic mass is 35.5. The molecule has 0 aliphatic rings. The molecular weight excluding hydrogens is 354 g/mol. The fourth-order valence-corrected chi connectivity index (χ4v) is 3.06. The van der Waals surface area contributed by atoms with Gasteiger partial charge in [-0.05, 0) is 31.2 Å². The van der Waals surface area contributed by atoms with Gasteiger partial charge in [0.15, 0.2) is 0 Å². The van der Waals surface area contributed by atoms with Crippen LogP contribution in [0, 0.1) is 6.92 Å². The number of carbonyl (C=O) groups is 2. The van der Waals surface area contributed by atoms with E-state index in [2.05, 4.69) is 4.98 Å². The predicted molar refractivity (Wildman–Crippen MR) is 99.6 cm³/mol. The van der Waals surface area contributed by atoms with Crippen molar-refractivity contribution in [3.8, 4) is 11.3 Å². The Hall–Kier alpha value is -2.92. The highest BCUT2D eigenvalue weighted by Gasteiger charge is 2.21. The van der Waals surface area contributed by atoms with Crippen LogP contribution in [0.5, 0.6) is 0 Å². The molecule has 0 atom stereocenters. The van der Waals surface area contributed by atoms with E-state index in [1.165, 1.54) is 14.2 Å². The first-order valence-corrected chi connectivity index (χ1v) is 8.21. The quantitative estimate of drug-likeness (QED) is 0.639. The second kappa shape index (κ2) is 7.14. The SMILES string of the molecule is COC(=O)c1c(Cl)cccc1-c1cc(C(=O)OC)c2cc(C)ccc2n1. The molecule has 0 N–H and O–H groups in total. The van der Waals surface area contributed by atoms with Crippen LogP contribution in [0.4, 0.5) is 0 Å². The van der Waals surface area contributed by atoms with E-state index in [1.54, 1.807) is 24.3 Å². The van der Waals surface area contributed by atoms with Crippen molar-refractivity contribution in [2.24, 2.45) is 0 Å².